The van der Waals surface area contributed by atoms with Gasteiger partial charge in [0.05, 0.1) is 18.1 Å². The van der Waals surface area contributed by atoms with E-state index in [1.54, 1.807) is 18.2 Å². The van der Waals surface area contributed by atoms with Gasteiger partial charge in [-0.2, -0.15) is 0 Å². The summed E-state index contributed by atoms with van der Waals surface area (Å²) < 4.78 is 10.6. The summed E-state index contributed by atoms with van der Waals surface area (Å²) in [6.07, 6.45) is 5.60. The molecule has 1 aliphatic rings. The predicted octanol–water partition coefficient (Wildman–Crippen LogP) is 3.64. The lowest BCUT2D eigenvalue weighted by Crippen LogP contribution is -2.31. The first kappa shape index (κ1) is 16.1. The third-order valence-electron chi connectivity index (χ3n) is 4.11. The van der Waals surface area contributed by atoms with E-state index in [1.165, 1.54) is 23.5 Å². The fourth-order valence-electron chi connectivity index (χ4n) is 2.93. The Morgan fingerprint density at radius 2 is 1.96 bits per heavy atom. The van der Waals surface area contributed by atoms with Gasteiger partial charge < -0.3 is 18.8 Å². The van der Waals surface area contributed by atoms with E-state index in [0.29, 0.717) is 12.3 Å². The highest BCUT2D eigenvalue weighted by atomic mass is 16.3. The average Bonchev–Trinajstić information content (AvgIpc) is 3.31. The predicted molar refractivity (Wildman–Crippen MR) is 85.4 cm³/mol. The van der Waals surface area contributed by atoms with Crippen LogP contribution in [0.3, 0.4) is 0 Å². The van der Waals surface area contributed by atoms with E-state index in [9.17, 15) is 14.7 Å². The van der Waals surface area contributed by atoms with Crippen molar-refractivity contribution >= 4 is 11.7 Å². The first-order chi connectivity index (χ1) is 11.6. The first-order valence-electron chi connectivity index (χ1n) is 8.00. The van der Waals surface area contributed by atoms with E-state index in [4.69, 9.17) is 8.83 Å². The summed E-state index contributed by atoms with van der Waals surface area (Å²) in [7, 11) is 0. The molecule has 1 amide bonds. The van der Waals surface area contributed by atoms with Gasteiger partial charge in [-0.1, -0.05) is 19.8 Å². The molecule has 1 aliphatic heterocycles. The summed E-state index contributed by atoms with van der Waals surface area (Å²) in [6, 6.07) is 5.74. The molecule has 3 rings (SSSR count). The Hall–Kier alpha value is -2.76. The van der Waals surface area contributed by atoms with Crippen molar-refractivity contribution in [2.45, 2.75) is 32.2 Å². The second kappa shape index (κ2) is 6.78. The van der Waals surface area contributed by atoms with Crippen molar-refractivity contribution in [3.63, 3.8) is 0 Å². The lowest BCUT2D eigenvalue weighted by molar-refractivity contribution is -0.129. The minimum atomic E-state index is -0.734. The summed E-state index contributed by atoms with van der Waals surface area (Å²) in [5.74, 6) is -1.07. The Balaban J connectivity index is 1.98. The first-order valence-corrected chi connectivity index (χ1v) is 8.00. The summed E-state index contributed by atoms with van der Waals surface area (Å²) in [5.41, 5.74) is 0.00129. The van der Waals surface area contributed by atoms with Crippen LogP contribution in [0.25, 0.3) is 0 Å². The van der Waals surface area contributed by atoms with E-state index in [2.05, 4.69) is 6.92 Å². The molecule has 0 radical (unpaired) electrons. The normalized spacial score (nSPS) is 17.8. The molecular weight excluding hydrogens is 310 g/mol. The van der Waals surface area contributed by atoms with Crippen LogP contribution in [0.15, 0.2) is 57.0 Å². The second-order valence-electron chi connectivity index (χ2n) is 5.69. The standard InChI is InChI=1S/C18H19NO5/c1-2-3-4-9-19-15(12-7-5-10-23-12)14(17(21)18(19)22)16(20)13-8-6-11-24-13/h5-8,10-11,15,21H,2-4,9H2,1H3. The molecule has 1 atom stereocenters. The molecule has 0 saturated heterocycles. The second-order valence-corrected chi connectivity index (χ2v) is 5.69. The third-order valence-corrected chi connectivity index (χ3v) is 4.11. The molecule has 0 aliphatic carbocycles. The van der Waals surface area contributed by atoms with Crippen LogP contribution in [-0.2, 0) is 4.79 Å². The molecule has 0 aromatic carbocycles. The monoisotopic (exact) mass is 329 g/mol. The number of ketones is 1. The van der Waals surface area contributed by atoms with E-state index in [0.717, 1.165) is 19.3 Å². The third kappa shape index (κ3) is 2.75. The van der Waals surface area contributed by atoms with Gasteiger partial charge >= 0.3 is 0 Å². The Kier molecular flexibility index (Phi) is 4.55. The summed E-state index contributed by atoms with van der Waals surface area (Å²) >= 11 is 0. The van der Waals surface area contributed by atoms with Gasteiger partial charge in [0.2, 0.25) is 5.78 Å². The van der Waals surface area contributed by atoms with Crippen LogP contribution in [0.4, 0.5) is 0 Å². The Morgan fingerprint density at radius 3 is 2.58 bits per heavy atom. The van der Waals surface area contributed by atoms with Crippen molar-refractivity contribution in [2.24, 2.45) is 0 Å². The number of rotatable bonds is 7. The molecule has 0 fully saturated rings. The summed E-state index contributed by atoms with van der Waals surface area (Å²) in [4.78, 5) is 26.7. The molecule has 0 saturated carbocycles. The van der Waals surface area contributed by atoms with Gasteiger partial charge in [-0.25, -0.2) is 0 Å². The van der Waals surface area contributed by atoms with E-state index >= 15 is 0 Å². The molecule has 0 bridgehead atoms. The number of carbonyl (C=O) groups is 2. The molecule has 6 nitrogen and oxygen atoms in total. The van der Waals surface area contributed by atoms with Crippen molar-refractivity contribution in [2.75, 3.05) is 6.54 Å². The fraction of sp³-hybridized carbons (Fsp3) is 0.333. The number of carbonyl (C=O) groups excluding carboxylic acids is 2. The maximum absolute atomic E-state index is 12.7. The number of nitrogens with zero attached hydrogens (tertiary/aromatic N) is 1. The molecule has 6 heteroatoms. The quantitative estimate of drug-likeness (QED) is 0.619. The topological polar surface area (TPSA) is 83.9 Å². The van der Waals surface area contributed by atoms with Crippen molar-refractivity contribution < 1.29 is 23.5 Å². The lowest BCUT2D eigenvalue weighted by atomic mass is 9.99. The summed E-state index contributed by atoms with van der Waals surface area (Å²) in [5, 5.41) is 10.3. The highest BCUT2D eigenvalue weighted by Crippen LogP contribution is 2.39. The minimum Gasteiger partial charge on any atom is -0.503 e. The van der Waals surface area contributed by atoms with E-state index in [-0.39, 0.29) is 11.3 Å². The van der Waals surface area contributed by atoms with E-state index in [1.807, 2.05) is 0 Å². The molecule has 1 N–H and O–H groups in total. The van der Waals surface area contributed by atoms with Gasteiger partial charge in [0.15, 0.2) is 11.5 Å². The van der Waals surface area contributed by atoms with Gasteiger partial charge in [-0.3, -0.25) is 9.59 Å². The zero-order valence-electron chi connectivity index (χ0n) is 13.4. The van der Waals surface area contributed by atoms with Crippen LogP contribution in [-0.4, -0.2) is 28.2 Å². The van der Waals surface area contributed by atoms with E-state index < -0.39 is 23.5 Å². The minimum absolute atomic E-state index is 0.00129. The van der Waals surface area contributed by atoms with Gasteiger partial charge in [0, 0.05) is 6.54 Å². The van der Waals surface area contributed by atoms with Gasteiger partial charge in [-0.05, 0) is 30.7 Å². The van der Waals surface area contributed by atoms with Crippen molar-refractivity contribution in [3.05, 3.63) is 59.6 Å². The molecular formula is C18H19NO5. The van der Waals surface area contributed by atoms with Gasteiger partial charge in [0.25, 0.3) is 5.91 Å². The molecule has 3 heterocycles. The number of hydrogen-bond donors (Lipinski definition) is 1. The molecule has 0 spiro atoms. The zero-order valence-corrected chi connectivity index (χ0v) is 13.4. The highest BCUT2D eigenvalue weighted by molar-refractivity contribution is 6.14. The van der Waals surface area contributed by atoms with Crippen LogP contribution < -0.4 is 0 Å². The number of unbranched alkanes of at least 4 members (excludes halogenated alkanes) is 2. The van der Waals surface area contributed by atoms with Crippen LogP contribution in [0.5, 0.6) is 0 Å². The number of hydrogen-bond acceptors (Lipinski definition) is 5. The number of aliphatic hydroxyl groups excluding tert-OH is 1. The SMILES string of the molecule is CCCCCN1C(=O)C(O)=C(C(=O)c2ccco2)C1c1ccco1. The van der Waals surface area contributed by atoms with Crippen LogP contribution >= 0.6 is 0 Å². The molecule has 24 heavy (non-hydrogen) atoms. The number of furan rings is 2. The Morgan fingerprint density at radius 1 is 1.21 bits per heavy atom. The van der Waals surface area contributed by atoms with Crippen molar-refractivity contribution in [1.82, 2.24) is 4.90 Å². The Bertz CT molecular complexity index is 742. The van der Waals surface area contributed by atoms with Crippen LogP contribution in [0.1, 0.15) is 48.5 Å². The zero-order chi connectivity index (χ0) is 17.1. The van der Waals surface area contributed by atoms with Gasteiger partial charge in [-0.15, -0.1) is 0 Å². The largest absolute Gasteiger partial charge is 0.503 e. The number of amides is 1. The maximum atomic E-state index is 12.7. The van der Waals surface area contributed by atoms with Crippen LogP contribution in [0, 0.1) is 0 Å². The average molecular weight is 329 g/mol. The van der Waals surface area contributed by atoms with Gasteiger partial charge in [0.1, 0.15) is 11.8 Å². The van der Waals surface area contributed by atoms with Crippen LogP contribution in [0.2, 0.25) is 0 Å². The number of aliphatic hydroxyl groups is 1. The highest BCUT2D eigenvalue weighted by Gasteiger charge is 2.45. The van der Waals surface area contributed by atoms with Crippen molar-refractivity contribution in [1.29, 1.82) is 0 Å². The molecule has 2 aromatic heterocycles. The summed E-state index contributed by atoms with van der Waals surface area (Å²) in [6.45, 7) is 2.51. The molecule has 1 unspecified atom stereocenters. The molecule has 126 valence electrons. The molecule has 2 aromatic rings. The fourth-order valence-corrected chi connectivity index (χ4v) is 2.93. The van der Waals surface area contributed by atoms with Crippen molar-refractivity contribution in [3.8, 4) is 0 Å². The Labute approximate surface area is 139 Å². The lowest BCUT2D eigenvalue weighted by Gasteiger charge is -2.24. The number of Topliss-reactive ketones (excluding diaryl/α,β-unsaturated/α-hetero) is 1. The smallest absolute Gasteiger partial charge is 0.290 e. The maximum Gasteiger partial charge on any atom is 0.290 e.